The fraction of sp³-hybridized carbons (Fsp3) is 1.00. The molecule has 0 spiro atoms. The second-order valence-corrected chi connectivity index (χ2v) is 3.71. The van der Waals surface area contributed by atoms with Gasteiger partial charge in [-0.1, -0.05) is 6.92 Å². The fourth-order valence-electron chi connectivity index (χ4n) is 0.656. The molecule has 0 heterocycles. The summed E-state index contributed by atoms with van der Waals surface area (Å²) < 4.78 is 18.6. The first-order valence-electron chi connectivity index (χ1n) is 2.70. The predicted octanol–water partition coefficient (Wildman–Crippen LogP) is 1.01. The van der Waals surface area contributed by atoms with Crippen molar-refractivity contribution in [2.24, 2.45) is 5.41 Å². The van der Waals surface area contributed by atoms with Gasteiger partial charge in [0.2, 0.25) is 0 Å². The highest BCUT2D eigenvalue weighted by Gasteiger charge is 2.38. The lowest BCUT2D eigenvalue weighted by atomic mass is 10.2. The summed E-state index contributed by atoms with van der Waals surface area (Å²) in [4.78, 5) is 0. The molecule has 48 valence electrons. The van der Waals surface area contributed by atoms with E-state index in [0.29, 0.717) is 5.75 Å². The van der Waals surface area contributed by atoms with Crippen LogP contribution in [-0.4, -0.2) is 14.5 Å². The lowest BCUT2D eigenvalue weighted by molar-refractivity contribution is 0.540. The van der Waals surface area contributed by atoms with Crippen LogP contribution in [0.15, 0.2) is 0 Å². The van der Waals surface area contributed by atoms with Crippen LogP contribution in [0.1, 0.15) is 19.8 Å². The van der Waals surface area contributed by atoms with Gasteiger partial charge in [-0.15, -0.1) is 0 Å². The van der Waals surface area contributed by atoms with Gasteiger partial charge >= 0.3 is 0 Å². The van der Waals surface area contributed by atoms with E-state index in [9.17, 15) is 4.21 Å². The zero-order chi connectivity index (χ0) is 6.20. The van der Waals surface area contributed by atoms with E-state index in [1.54, 1.807) is 0 Å². The van der Waals surface area contributed by atoms with Crippen molar-refractivity contribution >= 4 is 11.1 Å². The standard InChI is InChI=1S/C5H10O2S/c1-5(2-3-5)4-8(6)7/h2-4H2,1H3,(H,6,7). The largest absolute Gasteiger partial charge is 0.306 e. The number of hydrogen-bond acceptors (Lipinski definition) is 1. The zero-order valence-corrected chi connectivity index (χ0v) is 5.70. The van der Waals surface area contributed by atoms with Crippen LogP contribution in [0, 0.1) is 5.41 Å². The Morgan fingerprint density at radius 1 is 1.75 bits per heavy atom. The summed E-state index contributed by atoms with van der Waals surface area (Å²) in [6, 6.07) is 0. The molecule has 0 bridgehead atoms. The van der Waals surface area contributed by atoms with Crippen LogP contribution in [0.5, 0.6) is 0 Å². The molecule has 0 aromatic rings. The van der Waals surface area contributed by atoms with Crippen molar-refractivity contribution < 1.29 is 8.76 Å². The lowest BCUT2D eigenvalue weighted by Crippen LogP contribution is -2.06. The molecular formula is C5H10O2S. The molecule has 1 aliphatic carbocycles. The van der Waals surface area contributed by atoms with Crippen molar-refractivity contribution in [3.05, 3.63) is 0 Å². The van der Waals surface area contributed by atoms with E-state index in [0.717, 1.165) is 12.8 Å². The van der Waals surface area contributed by atoms with Crippen LogP contribution in [0.3, 0.4) is 0 Å². The third-order valence-electron chi connectivity index (χ3n) is 1.58. The van der Waals surface area contributed by atoms with Gasteiger partial charge in [0.05, 0.1) is 5.75 Å². The minimum absolute atomic E-state index is 0.222. The molecule has 0 radical (unpaired) electrons. The first-order chi connectivity index (χ1) is 3.62. The quantitative estimate of drug-likeness (QED) is 0.572. The minimum Gasteiger partial charge on any atom is -0.306 e. The van der Waals surface area contributed by atoms with Crippen molar-refractivity contribution in [2.75, 3.05) is 5.75 Å². The summed E-state index contributed by atoms with van der Waals surface area (Å²) in [7, 11) is 0. The lowest BCUT2D eigenvalue weighted by Gasteiger charge is -2.00. The van der Waals surface area contributed by atoms with Crippen molar-refractivity contribution in [1.82, 2.24) is 0 Å². The molecule has 1 unspecified atom stereocenters. The SMILES string of the molecule is CC1(CS(=O)O)CC1. The Kier molecular flexibility index (Phi) is 1.41. The fourth-order valence-corrected chi connectivity index (χ4v) is 1.54. The summed E-state index contributed by atoms with van der Waals surface area (Å²) in [6.07, 6.45) is 2.25. The van der Waals surface area contributed by atoms with Crippen LogP contribution in [-0.2, 0) is 11.1 Å². The van der Waals surface area contributed by atoms with Gasteiger partial charge in [-0.3, -0.25) is 0 Å². The molecular weight excluding hydrogens is 124 g/mol. The average Bonchev–Trinajstić information content (AvgIpc) is 2.17. The monoisotopic (exact) mass is 134 g/mol. The van der Waals surface area contributed by atoms with Gasteiger partial charge < -0.3 is 4.55 Å². The minimum atomic E-state index is -1.57. The molecule has 1 fully saturated rings. The maximum absolute atomic E-state index is 10.2. The molecule has 0 aliphatic heterocycles. The molecule has 0 aromatic heterocycles. The smallest absolute Gasteiger partial charge is 0.153 e. The Labute approximate surface area is 51.6 Å². The number of rotatable bonds is 2. The second-order valence-electron chi connectivity index (χ2n) is 2.78. The molecule has 0 amide bonds. The highest BCUT2D eigenvalue weighted by molar-refractivity contribution is 7.79. The summed E-state index contributed by atoms with van der Waals surface area (Å²) in [5.74, 6) is 0.465. The molecule has 1 saturated carbocycles. The van der Waals surface area contributed by atoms with E-state index in [2.05, 4.69) is 0 Å². The summed E-state index contributed by atoms with van der Waals surface area (Å²) in [6.45, 7) is 2.04. The Balaban J connectivity index is 2.29. The Hall–Kier alpha value is 0.110. The van der Waals surface area contributed by atoms with Crippen LogP contribution in [0.4, 0.5) is 0 Å². The van der Waals surface area contributed by atoms with Gasteiger partial charge in [-0.05, 0) is 18.3 Å². The summed E-state index contributed by atoms with van der Waals surface area (Å²) in [5, 5.41) is 0. The van der Waals surface area contributed by atoms with E-state index in [1.807, 2.05) is 6.92 Å². The third-order valence-corrected chi connectivity index (χ3v) is 2.52. The van der Waals surface area contributed by atoms with Crippen molar-refractivity contribution in [1.29, 1.82) is 0 Å². The second kappa shape index (κ2) is 1.81. The molecule has 1 atom stereocenters. The van der Waals surface area contributed by atoms with E-state index in [1.165, 1.54) is 0 Å². The third kappa shape index (κ3) is 1.56. The van der Waals surface area contributed by atoms with E-state index >= 15 is 0 Å². The Morgan fingerprint density at radius 2 is 2.25 bits per heavy atom. The van der Waals surface area contributed by atoms with Gasteiger partial charge in [-0.2, -0.15) is 0 Å². The van der Waals surface area contributed by atoms with E-state index in [-0.39, 0.29) is 5.41 Å². The molecule has 8 heavy (non-hydrogen) atoms. The molecule has 3 heteroatoms. The highest BCUT2D eigenvalue weighted by atomic mass is 32.2. The first kappa shape index (κ1) is 6.23. The normalized spacial score (nSPS) is 27.2. The van der Waals surface area contributed by atoms with Crippen LogP contribution < -0.4 is 0 Å². The van der Waals surface area contributed by atoms with Crippen LogP contribution >= 0.6 is 0 Å². The van der Waals surface area contributed by atoms with E-state index in [4.69, 9.17) is 4.55 Å². The predicted molar refractivity (Wildman–Crippen MR) is 33.0 cm³/mol. The molecule has 0 aromatic carbocycles. The van der Waals surface area contributed by atoms with Crippen molar-refractivity contribution in [3.63, 3.8) is 0 Å². The van der Waals surface area contributed by atoms with E-state index < -0.39 is 11.1 Å². The molecule has 2 nitrogen and oxygen atoms in total. The van der Waals surface area contributed by atoms with Crippen molar-refractivity contribution in [3.8, 4) is 0 Å². The van der Waals surface area contributed by atoms with Gasteiger partial charge in [-0.25, -0.2) is 4.21 Å². The maximum Gasteiger partial charge on any atom is 0.153 e. The Morgan fingerprint density at radius 3 is 2.38 bits per heavy atom. The highest BCUT2D eigenvalue weighted by Crippen LogP contribution is 2.45. The molecule has 0 saturated heterocycles. The van der Waals surface area contributed by atoms with Crippen LogP contribution in [0.2, 0.25) is 0 Å². The van der Waals surface area contributed by atoms with Crippen molar-refractivity contribution in [2.45, 2.75) is 19.8 Å². The maximum atomic E-state index is 10.2. The number of hydrogen-bond donors (Lipinski definition) is 1. The molecule has 1 rings (SSSR count). The molecule has 1 N–H and O–H groups in total. The van der Waals surface area contributed by atoms with Crippen LogP contribution in [0.25, 0.3) is 0 Å². The Bertz CT molecular complexity index is 118. The zero-order valence-electron chi connectivity index (χ0n) is 4.89. The topological polar surface area (TPSA) is 37.3 Å². The average molecular weight is 134 g/mol. The van der Waals surface area contributed by atoms with Gasteiger partial charge in [0.25, 0.3) is 0 Å². The van der Waals surface area contributed by atoms with Gasteiger partial charge in [0, 0.05) is 0 Å². The first-order valence-corrected chi connectivity index (χ1v) is 3.97. The van der Waals surface area contributed by atoms with Gasteiger partial charge in [0.1, 0.15) is 0 Å². The van der Waals surface area contributed by atoms with Gasteiger partial charge in [0.15, 0.2) is 11.1 Å². The summed E-state index contributed by atoms with van der Waals surface area (Å²) in [5.41, 5.74) is 0.222. The summed E-state index contributed by atoms with van der Waals surface area (Å²) >= 11 is -1.57. The molecule has 1 aliphatic rings.